The first kappa shape index (κ1) is 14.6. The first-order chi connectivity index (χ1) is 9.29. The maximum atomic E-state index is 12.0. The monoisotopic (exact) mass is 359 g/mol. The third-order valence-electron chi connectivity index (χ3n) is 2.48. The smallest absolute Gasteiger partial charge is 0.371 e. The van der Waals surface area contributed by atoms with Crippen molar-refractivity contribution in [2.24, 2.45) is 0 Å². The molecule has 2 aromatic rings. The van der Waals surface area contributed by atoms with Gasteiger partial charge in [-0.1, -0.05) is 22.0 Å². The Kier molecular flexibility index (Phi) is 3.87. The lowest BCUT2D eigenvalue weighted by Crippen LogP contribution is -2.12. The zero-order valence-corrected chi connectivity index (χ0v) is 12.7. The molecule has 0 radical (unpaired) electrons. The minimum Gasteiger partial charge on any atom is -0.475 e. The van der Waals surface area contributed by atoms with E-state index in [0.29, 0.717) is 5.69 Å². The van der Waals surface area contributed by atoms with Crippen LogP contribution < -0.4 is 4.72 Å². The van der Waals surface area contributed by atoms with E-state index in [9.17, 15) is 13.2 Å². The van der Waals surface area contributed by atoms with Crippen LogP contribution in [0.1, 0.15) is 16.1 Å². The molecule has 1 aromatic heterocycles. The predicted octanol–water partition coefficient (Wildman–Crippen LogP) is 2.85. The number of carbonyl (C=O) groups is 1. The summed E-state index contributed by atoms with van der Waals surface area (Å²) in [5.41, 5.74) is 1.30. The van der Waals surface area contributed by atoms with Crippen molar-refractivity contribution in [3.8, 4) is 0 Å². The Morgan fingerprint density at radius 3 is 2.55 bits per heavy atom. The Hall–Kier alpha value is -1.80. The highest BCUT2D eigenvalue weighted by Crippen LogP contribution is 2.23. The molecule has 0 saturated carbocycles. The Morgan fingerprint density at radius 1 is 1.30 bits per heavy atom. The largest absolute Gasteiger partial charge is 0.475 e. The van der Waals surface area contributed by atoms with E-state index in [2.05, 4.69) is 20.7 Å². The van der Waals surface area contributed by atoms with Crippen LogP contribution in [-0.4, -0.2) is 19.5 Å². The summed E-state index contributed by atoms with van der Waals surface area (Å²) in [6.07, 6.45) is 0. The lowest BCUT2D eigenvalue weighted by Gasteiger charge is -2.07. The number of hydrogen-bond acceptors (Lipinski definition) is 4. The molecule has 0 atom stereocenters. The predicted molar refractivity (Wildman–Crippen MR) is 75.4 cm³/mol. The van der Waals surface area contributed by atoms with Crippen molar-refractivity contribution in [3.63, 3.8) is 0 Å². The number of rotatable bonds is 4. The van der Waals surface area contributed by atoms with E-state index in [1.807, 2.05) is 6.92 Å². The summed E-state index contributed by atoms with van der Waals surface area (Å²) in [5, 5.41) is 8.25. The molecule has 1 heterocycles. The van der Waals surface area contributed by atoms with Crippen molar-refractivity contribution in [2.45, 2.75) is 12.0 Å². The molecule has 0 saturated heterocycles. The second kappa shape index (κ2) is 5.29. The highest BCUT2D eigenvalue weighted by Gasteiger charge is 2.21. The summed E-state index contributed by atoms with van der Waals surface area (Å²) in [5.74, 6) is -1.76. The first-order valence-electron chi connectivity index (χ1n) is 5.42. The number of aryl methyl sites for hydroxylation is 1. The minimum absolute atomic E-state index is 0.343. The summed E-state index contributed by atoms with van der Waals surface area (Å²) in [6.45, 7) is 1.87. The summed E-state index contributed by atoms with van der Waals surface area (Å²) in [6, 6.07) is 7.12. The van der Waals surface area contributed by atoms with Gasteiger partial charge in [0.05, 0.1) is 5.69 Å². The third kappa shape index (κ3) is 3.02. The van der Waals surface area contributed by atoms with E-state index in [4.69, 9.17) is 9.52 Å². The molecule has 0 aliphatic carbocycles. The summed E-state index contributed by atoms with van der Waals surface area (Å²) < 4.78 is 31.9. The van der Waals surface area contributed by atoms with Crippen LogP contribution in [0, 0.1) is 6.92 Å². The fraction of sp³-hybridized carbons (Fsp3) is 0.0833. The van der Waals surface area contributed by atoms with Gasteiger partial charge >= 0.3 is 5.97 Å². The summed E-state index contributed by atoms with van der Waals surface area (Å²) in [4.78, 5) is 10.7. The molecule has 8 heteroatoms. The molecule has 0 bridgehead atoms. The normalized spacial score (nSPS) is 11.3. The zero-order chi connectivity index (χ0) is 14.9. The number of hydrogen-bond donors (Lipinski definition) is 2. The van der Waals surface area contributed by atoms with Gasteiger partial charge in [-0.05, 0) is 36.8 Å². The van der Waals surface area contributed by atoms with Crippen LogP contribution in [0.3, 0.4) is 0 Å². The van der Waals surface area contributed by atoms with Crippen LogP contribution in [0.4, 0.5) is 5.69 Å². The quantitative estimate of drug-likeness (QED) is 0.874. The lowest BCUT2D eigenvalue weighted by atomic mass is 10.2. The average Bonchev–Trinajstić information content (AvgIpc) is 2.84. The molecule has 20 heavy (non-hydrogen) atoms. The third-order valence-corrected chi connectivity index (χ3v) is 4.59. The minimum atomic E-state index is -3.96. The van der Waals surface area contributed by atoms with Crippen molar-refractivity contribution in [2.75, 3.05) is 4.72 Å². The topological polar surface area (TPSA) is 96.6 Å². The van der Waals surface area contributed by atoms with Gasteiger partial charge in [-0.3, -0.25) is 4.72 Å². The fourth-order valence-electron chi connectivity index (χ4n) is 1.44. The Morgan fingerprint density at radius 2 is 2.00 bits per heavy atom. The van der Waals surface area contributed by atoms with Crippen molar-refractivity contribution in [3.05, 3.63) is 46.1 Å². The highest BCUT2D eigenvalue weighted by molar-refractivity contribution is 9.10. The van der Waals surface area contributed by atoms with Gasteiger partial charge in [0.15, 0.2) is 0 Å². The lowest BCUT2D eigenvalue weighted by molar-refractivity contribution is 0.0656. The number of halogens is 1. The zero-order valence-electron chi connectivity index (χ0n) is 10.3. The number of carboxylic acids is 1. The Balaban J connectivity index is 2.30. The molecule has 6 nitrogen and oxygen atoms in total. The number of anilines is 1. The SMILES string of the molecule is Cc1ccc(NS(=O)(=O)c2ccc(C(=O)O)o2)cc1Br. The molecule has 0 amide bonds. The van der Waals surface area contributed by atoms with E-state index in [0.717, 1.165) is 22.2 Å². The number of furan rings is 1. The van der Waals surface area contributed by atoms with Crippen LogP contribution in [0.25, 0.3) is 0 Å². The second-order valence-corrected chi connectivity index (χ2v) is 6.46. The molecular weight excluding hydrogens is 350 g/mol. The molecular formula is C12H10BrNO5S. The van der Waals surface area contributed by atoms with E-state index in [1.165, 1.54) is 0 Å². The van der Waals surface area contributed by atoms with Crippen LogP contribution in [0.2, 0.25) is 0 Å². The second-order valence-electron chi connectivity index (χ2n) is 3.99. The van der Waals surface area contributed by atoms with E-state index in [-0.39, 0.29) is 0 Å². The number of nitrogens with one attached hydrogen (secondary N) is 1. The van der Waals surface area contributed by atoms with E-state index in [1.54, 1.807) is 18.2 Å². The fourth-order valence-corrected chi connectivity index (χ4v) is 2.80. The van der Waals surface area contributed by atoms with Gasteiger partial charge in [-0.2, -0.15) is 8.42 Å². The van der Waals surface area contributed by atoms with Crippen molar-refractivity contribution >= 4 is 37.6 Å². The van der Waals surface area contributed by atoms with Gasteiger partial charge in [0.1, 0.15) is 0 Å². The van der Waals surface area contributed by atoms with Gasteiger partial charge in [-0.15, -0.1) is 0 Å². The molecule has 0 unspecified atom stereocenters. The van der Waals surface area contributed by atoms with Gasteiger partial charge < -0.3 is 9.52 Å². The van der Waals surface area contributed by atoms with Crippen LogP contribution in [0.15, 0.2) is 44.3 Å². The Bertz CT molecular complexity index is 766. The number of aromatic carboxylic acids is 1. The van der Waals surface area contributed by atoms with E-state index >= 15 is 0 Å². The molecule has 0 aliphatic heterocycles. The van der Waals surface area contributed by atoms with Crippen molar-refractivity contribution in [1.82, 2.24) is 0 Å². The average molecular weight is 360 g/mol. The van der Waals surface area contributed by atoms with Gasteiger partial charge in [0.2, 0.25) is 10.9 Å². The molecule has 0 fully saturated rings. The molecule has 0 spiro atoms. The highest BCUT2D eigenvalue weighted by atomic mass is 79.9. The summed E-state index contributed by atoms with van der Waals surface area (Å²) >= 11 is 3.30. The van der Waals surface area contributed by atoms with Gasteiger partial charge in [-0.25, -0.2) is 4.79 Å². The molecule has 1 aromatic carbocycles. The van der Waals surface area contributed by atoms with Crippen LogP contribution >= 0.6 is 15.9 Å². The van der Waals surface area contributed by atoms with E-state index < -0.39 is 26.8 Å². The Labute approximate surface area is 123 Å². The van der Waals surface area contributed by atoms with Crippen molar-refractivity contribution < 1.29 is 22.7 Å². The molecule has 2 rings (SSSR count). The van der Waals surface area contributed by atoms with Gasteiger partial charge in [0.25, 0.3) is 10.0 Å². The van der Waals surface area contributed by atoms with Crippen molar-refractivity contribution in [1.29, 1.82) is 0 Å². The number of benzene rings is 1. The maximum Gasteiger partial charge on any atom is 0.371 e. The standard InChI is InChI=1S/C12H10BrNO5S/c1-7-2-3-8(6-9(7)13)14-20(17,18)11-5-4-10(19-11)12(15)16/h2-6,14H,1H3,(H,15,16). The maximum absolute atomic E-state index is 12.0. The first-order valence-corrected chi connectivity index (χ1v) is 7.69. The number of carboxylic acid groups (broad SMARTS) is 1. The summed E-state index contributed by atoms with van der Waals surface area (Å²) in [7, 11) is -3.96. The molecule has 0 aliphatic rings. The number of sulfonamides is 1. The van der Waals surface area contributed by atoms with Crippen LogP contribution in [-0.2, 0) is 10.0 Å². The van der Waals surface area contributed by atoms with Gasteiger partial charge in [0, 0.05) is 4.47 Å². The molecule has 106 valence electrons. The van der Waals surface area contributed by atoms with Crippen LogP contribution in [0.5, 0.6) is 0 Å². The molecule has 2 N–H and O–H groups in total.